The van der Waals surface area contributed by atoms with Crippen LogP contribution in [0.4, 0.5) is 32.0 Å². The summed E-state index contributed by atoms with van der Waals surface area (Å²) < 4.78 is 76.4. The summed E-state index contributed by atoms with van der Waals surface area (Å²) in [5.41, 5.74) is -5.24. The summed E-state index contributed by atoms with van der Waals surface area (Å²) in [6.07, 6.45) is -10.7. The molecule has 2 rings (SSSR count). The molecule has 0 aromatic heterocycles. The van der Waals surface area contributed by atoms with Crippen LogP contribution in [0, 0.1) is 0 Å². The first-order valence-corrected chi connectivity index (χ1v) is 5.80. The van der Waals surface area contributed by atoms with Crippen molar-refractivity contribution in [3.05, 3.63) is 29.3 Å². The normalized spacial score (nSPS) is 16.6. The summed E-state index contributed by atoms with van der Waals surface area (Å²) in [4.78, 5) is 0. The van der Waals surface area contributed by atoms with E-state index < -0.39 is 23.5 Å². The number of aliphatic hydroxyl groups is 1. The van der Waals surface area contributed by atoms with Gasteiger partial charge >= 0.3 is 12.4 Å². The van der Waals surface area contributed by atoms with Gasteiger partial charge in [-0.2, -0.15) is 26.3 Å². The quantitative estimate of drug-likeness (QED) is 0.779. The maximum absolute atomic E-state index is 12.7. The van der Waals surface area contributed by atoms with Crippen LogP contribution in [0.2, 0.25) is 0 Å². The molecule has 0 spiro atoms. The molecule has 1 aliphatic rings. The fourth-order valence-electron chi connectivity index (χ4n) is 2.19. The molecule has 1 aliphatic heterocycles. The molecule has 0 aliphatic carbocycles. The Labute approximate surface area is 110 Å². The first kappa shape index (κ1) is 15.0. The lowest BCUT2D eigenvalue weighted by Gasteiger charge is -2.33. The maximum atomic E-state index is 12.7. The standard InChI is InChI=1S/C12H11F6NO/c13-11(14,15)10(20,12(16,17)18)8-3-4-9-7(6-8)2-1-5-19-9/h3-4,6,19-20H,1-2,5H2. The zero-order valence-corrected chi connectivity index (χ0v) is 10.1. The maximum Gasteiger partial charge on any atom is 0.430 e. The van der Waals surface area contributed by atoms with Gasteiger partial charge in [0.25, 0.3) is 5.60 Å². The lowest BCUT2D eigenvalue weighted by molar-refractivity contribution is -0.376. The lowest BCUT2D eigenvalue weighted by atomic mass is 9.89. The van der Waals surface area contributed by atoms with Crippen molar-refractivity contribution in [1.82, 2.24) is 0 Å². The minimum Gasteiger partial charge on any atom is -0.385 e. The van der Waals surface area contributed by atoms with Crippen LogP contribution in [-0.4, -0.2) is 24.0 Å². The minimum absolute atomic E-state index is 0.334. The van der Waals surface area contributed by atoms with Crippen LogP contribution in [0.3, 0.4) is 0 Å². The van der Waals surface area contributed by atoms with Crippen molar-refractivity contribution in [3.8, 4) is 0 Å². The van der Waals surface area contributed by atoms with Crippen molar-refractivity contribution < 1.29 is 31.4 Å². The molecule has 0 fully saturated rings. The van der Waals surface area contributed by atoms with Gasteiger partial charge in [-0.15, -0.1) is 0 Å². The Kier molecular flexibility index (Phi) is 3.40. The smallest absolute Gasteiger partial charge is 0.385 e. The molecule has 8 heteroatoms. The molecule has 20 heavy (non-hydrogen) atoms. The van der Waals surface area contributed by atoms with Gasteiger partial charge in [0.05, 0.1) is 0 Å². The van der Waals surface area contributed by atoms with Crippen molar-refractivity contribution in [2.45, 2.75) is 30.8 Å². The van der Waals surface area contributed by atoms with E-state index in [1.54, 1.807) is 0 Å². The predicted octanol–water partition coefficient (Wildman–Crippen LogP) is 3.36. The third kappa shape index (κ3) is 2.21. The predicted molar refractivity (Wildman–Crippen MR) is 59.3 cm³/mol. The number of nitrogens with one attached hydrogen (secondary N) is 1. The number of benzene rings is 1. The molecule has 0 saturated heterocycles. The van der Waals surface area contributed by atoms with Gasteiger partial charge in [-0.3, -0.25) is 0 Å². The molecule has 1 aromatic carbocycles. The second-order valence-corrected chi connectivity index (χ2v) is 4.61. The van der Waals surface area contributed by atoms with Crippen LogP contribution in [0.15, 0.2) is 18.2 Å². The SMILES string of the molecule is OC(c1ccc2c(c1)CCCN2)(C(F)(F)F)C(F)(F)F. The van der Waals surface area contributed by atoms with Gasteiger partial charge in [-0.05, 0) is 24.5 Å². The summed E-state index contributed by atoms with van der Waals surface area (Å²) in [6.45, 7) is 0.606. The van der Waals surface area contributed by atoms with Gasteiger partial charge < -0.3 is 10.4 Å². The molecule has 0 radical (unpaired) electrons. The fourth-order valence-corrected chi connectivity index (χ4v) is 2.19. The van der Waals surface area contributed by atoms with Crippen LogP contribution < -0.4 is 5.32 Å². The molecular formula is C12H11F6NO. The van der Waals surface area contributed by atoms with Gasteiger partial charge in [0.2, 0.25) is 0 Å². The van der Waals surface area contributed by atoms with Crippen molar-refractivity contribution in [2.24, 2.45) is 0 Å². The van der Waals surface area contributed by atoms with E-state index in [1.165, 1.54) is 0 Å². The van der Waals surface area contributed by atoms with E-state index in [4.69, 9.17) is 0 Å². The number of hydrogen-bond acceptors (Lipinski definition) is 2. The second-order valence-electron chi connectivity index (χ2n) is 4.61. The van der Waals surface area contributed by atoms with Crippen LogP contribution >= 0.6 is 0 Å². The Balaban J connectivity index is 2.56. The van der Waals surface area contributed by atoms with Crippen molar-refractivity contribution >= 4 is 5.69 Å². The van der Waals surface area contributed by atoms with E-state index in [2.05, 4.69) is 5.32 Å². The number of anilines is 1. The summed E-state index contributed by atoms with van der Waals surface area (Å²) in [5, 5.41) is 12.2. The van der Waals surface area contributed by atoms with Crippen molar-refractivity contribution in [1.29, 1.82) is 0 Å². The number of alkyl halides is 6. The third-order valence-corrected chi connectivity index (χ3v) is 3.28. The molecule has 2 nitrogen and oxygen atoms in total. The van der Waals surface area contributed by atoms with Crippen LogP contribution in [0.5, 0.6) is 0 Å². The summed E-state index contributed by atoms with van der Waals surface area (Å²) in [5.74, 6) is 0. The molecule has 0 unspecified atom stereocenters. The molecular weight excluding hydrogens is 288 g/mol. The molecule has 1 heterocycles. The number of halogens is 6. The summed E-state index contributed by atoms with van der Waals surface area (Å²) in [7, 11) is 0. The minimum atomic E-state index is -5.85. The van der Waals surface area contributed by atoms with Crippen LogP contribution in [-0.2, 0) is 12.0 Å². The zero-order chi connectivity index (χ0) is 15.2. The number of hydrogen-bond donors (Lipinski definition) is 2. The molecule has 112 valence electrons. The van der Waals surface area contributed by atoms with Gasteiger partial charge in [-0.1, -0.05) is 12.1 Å². The fraction of sp³-hybridized carbons (Fsp3) is 0.500. The average molecular weight is 299 g/mol. The Morgan fingerprint density at radius 2 is 1.60 bits per heavy atom. The van der Waals surface area contributed by atoms with Crippen molar-refractivity contribution in [2.75, 3.05) is 11.9 Å². The first-order chi connectivity index (χ1) is 9.07. The number of aryl methyl sites for hydroxylation is 1. The highest BCUT2D eigenvalue weighted by Gasteiger charge is 2.71. The average Bonchev–Trinajstić information content (AvgIpc) is 2.34. The molecule has 2 N–H and O–H groups in total. The number of fused-ring (bicyclic) bond motifs is 1. The summed E-state index contributed by atoms with van der Waals surface area (Å²) >= 11 is 0. The van der Waals surface area contributed by atoms with Crippen molar-refractivity contribution in [3.63, 3.8) is 0 Å². The van der Waals surface area contributed by atoms with E-state index in [-0.39, 0.29) is 0 Å². The molecule has 0 saturated carbocycles. The Bertz CT molecular complexity index is 494. The lowest BCUT2D eigenvalue weighted by Crippen LogP contribution is -2.54. The highest BCUT2D eigenvalue weighted by atomic mass is 19.4. The van der Waals surface area contributed by atoms with Gasteiger partial charge in [-0.25, -0.2) is 0 Å². The highest BCUT2D eigenvalue weighted by Crippen LogP contribution is 2.50. The van der Waals surface area contributed by atoms with E-state index >= 15 is 0 Å². The molecule has 0 atom stereocenters. The Morgan fingerprint density at radius 3 is 2.15 bits per heavy atom. The topological polar surface area (TPSA) is 32.3 Å². The van der Waals surface area contributed by atoms with E-state index in [0.29, 0.717) is 36.7 Å². The summed E-state index contributed by atoms with van der Waals surface area (Å²) in [6, 6.07) is 2.55. The van der Waals surface area contributed by atoms with Gasteiger partial charge in [0.15, 0.2) is 0 Å². The van der Waals surface area contributed by atoms with E-state index in [1.807, 2.05) is 0 Å². The monoisotopic (exact) mass is 299 g/mol. The molecule has 0 amide bonds. The van der Waals surface area contributed by atoms with Gasteiger partial charge in [0.1, 0.15) is 0 Å². The Hall–Kier alpha value is -1.44. The van der Waals surface area contributed by atoms with Gasteiger partial charge in [0, 0.05) is 17.8 Å². The second kappa shape index (κ2) is 4.54. The third-order valence-electron chi connectivity index (χ3n) is 3.28. The van der Waals surface area contributed by atoms with E-state index in [9.17, 15) is 31.4 Å². The zero-order valence-electron chi connectivity index (χ0n) is 10.1. The number of rotatable bonds is 1. The van der Waals surface area contributed by atoms with Crippen LogP contribution in [0.25, 0.3) is 0 Å². The first-order valence-electron chi connectivity index (χ1n) is 5.80. The van der Waals surface area contributed by atoms with Crippen LogP contribution in [0.1, 0.15) is 17.5 Å². The Morgan fingerprint density at radius 1 is 1.00 bits per heavy atom. The largest absolute Gasteiger partial charge is 0.430 e. The highest BCUT2D eigenvalue weighted by molar-refractivity contribution is 5.55. The van der Waals surface area contributed by atoms with E-state index in [0.717, 1.165) is 12.1 Å². The molecule has 0 bridgehead atoms. The molecule has 1 aromatic rings.